The number of thioether (sulfide) groups is 1. The minimum absolute atomic E-state index is 0.208. The molecule has 3 rings (SSSR count). The zero-order valence-corrected chi connectivity index (χ0v) is 16.9. The molecule has 26 heavy (non-hydrogen) atoms. The molecule has 6 heteroatoms. The molecule has 0 spiro atoms. The van der Waals surface area contributed by atoms with Crippen molar-refractivity contribution >= 4 is 23.4 Å². The summed E-state index contributed by atoms with van der Waals surface area (Å²) in [5.74, 6) is 2.47. The summed E-state index contributed by atoms with van der Waals surface area (Å²) < 4.78 is 8.07. The topological polar surface area (TPSA) is 39.9 Å². The van der Waals surface area contributed by atoms with E-state index in [1.165, 1.54) is 11.1 Å². The van der Waals surface area contributed by atoms with Gasteiger partial charge >= 0.3 is 0 Å². The highest BCUT2D eigenvalue weighted by Gasteiger charge is 2.18. The monoisotopic (exact) mass is 387 g/mol. The van der Waals surface area contributed by atoms with Crippen LogP contribution in [0.1, 0.15) is 35.5 Å². The molecule has 4 nitrogen and oxygen atoms in total. The summed E-state index contributed by atoms with van der Waals surface area (Å²) in [6.07, 6.45) is -0.208. The van der Waals surface area contributed by atoms with Crippen molar-refractivity contribution in [2.45, 2.75) is 37.8 Å². The number of hydrogen-bond donors (Lipinski definition) is 0. The Labute approximate surface area is 163 Å². The molecule has 1 heterocycles. The van der Waals surface area contributed by atoms with E-state index in [4.69, 9.17) is 16.3 Å². The SMILES string of the molecule is Cc1ccccc1CSc1nnc(C(C)Oc2ccc(Cl)cc2C)n1C. The molecule has 0 aliphatic carbocycles. The summed E-state index contributed by atoms with van der Waals surface area (Å²) in [6.45, 7) is 6.09. The minimum atomic E-state index is -0.208. The predicted octanol–water partition coefficient (Wildman–Crippen LogP) is 5.52. The maximum atomic E-state index is 6.07. The van der Waals surface area contributed by atoms with E-state index >= 15 is 0 Å². The van der Waals surface area contributed by atoms with Gasteiger partial charge in [0.05, 0.1) is 0 Å². The second kappa shape index (κ2) is 8.14. The molecule has 1 atom stereocenters. The highest BCUT2D eigenvalue weighted by atomic mass is 35.5. The van der Waals surface area contributed by atoms with Crippen LogP contribution in [-0.2, 0) is 12.8 Å². The summed E-state index contributed by atoms with van der Waals surface area (Å²) in [5.41, 5.74) is 3.60. The first kappa shape index (κ1) is 18.8. The number of rotatable bonds is 6. The molecular formula is C20H22ClN3OS. The Morgan fingerprint density at radius 1 is 1.12 bits per heavy atom. The first-order valence-electron chi connectivity index (χ1n) is 8.45. The van der Waals surface area contributed by atoms with Crippen molar-refractivity contribution in [3.05, 3.63) is 70.0 Å². The van der Waals surface area contributed by atoms with Crippen molar-refractivity contribution in [3.63, 3.8) is 0 Å². The number of benzene rings is 2. The third-order valence-electron chi connectivity index (χ3n) is 4.29. The third kappa shape index (κ3) is 4.22. The van der Waals surface area contributed by atoms with E-state index in [1.54, 1.807) is 11.8 Å². The molecular weight excluding hydrogens is 366 g/mol. The maximum Gasteiger partial charge on any atom is 0.191 e. The van der Waals surface area contributed by atoms with Gasteiger partial charge in [-0.3, -0.25) is 0 Å². The number of nitrogens with zero attached hydrogens (tertiary/aromatic N) is 3. The highest BCUT2D eigenvalue weighted by Crippen LogP contribution is 2.28. The zero-order valence-electron chi connectivity index (χ0n) is 15.4. The van der Waals surface area contributed by atoms with Crippen LogP contribution in [0.2, 0.25) is 5.02 Å². The first-order chi connectivity index (χ1) is 12.5. The maximum absolute atomic E-state index is 6.07. The zero-order chi connectivity index (χ0) is 18.7. The van der Waals surface area contributed by atoms with Crippen LogP contribution in [0.3, 0.4) is 0 Å². The van der Waals surface area contributed by atoms with E-state index in [-0.39, 0.29) is 6.10 Å². The Hall–Kier alpha value is -1.98. The Morgan fingerprint density at radius 2 is 1.88 bits per heavy atom. The smallest absolute Gasteiger partial charge is 0.191 e. The van der Waals surface area contributed by atoms with Crippen LogP contribution in [0.4, 0.5) is 0 Å². The molecule has 0 N–H and O–H groups in total. The van der Waals surface area contributed by atoms with E-state index in [2.05, 4.69) is 41.4 Å². The third-order valence-corrected chi connectivity index (χ3v) is 5.60. The van der Waals surface area contributed by atoms with Gasteiger partial charge in [0.1, 0.15) is 5.75 Å². The Balaban J connectivity index is 1.70. The fourth-order valence-corrected chi connectivity index (χ4v) is 3.93. The number of halogens is 1. The van der Waals surface area contributed by atoms with Crippen molar-refractivity contribution in [1.29, 1.82) is 0 Å². The molecule has 3 aromatic rings. The van der Waals surface area contributed by atoms with Crippen LogP contribution >= 0.6 is 23.4 Å². The summed E-state index contributed by atoms with van der Waals surface area (Å²) in [4.78, 5) is 0. The largest absolute Gasteiger partial charge is 0.482 e. The van der Waals surface area contributed by atoms with Gasteiger partial charge in [-0.1, -0.05) is 47.6 Å². The lowest BCUT2D eigenvalue weighted by Crippen LogP contribution is -2.10. The highest BCUT2D eigenvalue weighted by molar-refractivity contribution is 7.98. The van der Waals surface area contributed by atoms with Gasteiger partial charge in [0.15, 0.2) is 17.1 Å². The van der Waals surface area contributed by atoms with Crippen LogP contribution < -0.4 is 4.74 Å². The van der Waals surface area contributed by atoms with Gasteiger partial charge in [0, 0.05) is 17.8 Å². The van der Waals surface area contributed by atoms with Gasteiger partial charge in [0.2, 0.25) is 0 Å². The average molecular weight is 388 g/mol. The molecule has 0 saturated carbocycles. The van der Waals surface area contributed by atoms with Crippen molar-refractivity contribution in [2.75, 3.05) is 0 Å². The Kier molecular flexibility index (Phi) is 5.89. The van der Waals surface area contributed by atoms with Crippen LogP contribution in [0, 0.1) is 13.8 Å². The Bertz CT molecular complexity index is 910. The van der Waals surface area contributed by atoms with Gasteiger partial charge < -0.3 is 9.30 Å². The number of aryl methyl sites for hydroxylation is 2. The summed E-state index contributed by atoms with van der Waals surface area (Å²) in [5, 5.41) is 10.3. The van der Waals surface area contributed by atoms with Gasteiger partial charge in [-0.25, -0.2) is 0 Å². The minimum Gasteiger partial charge on any atom is -0.482 e. The second-order valence-corrected chi connectivity index (χ2v) is 7.66. The van der Waals surface area contributed by atoms with Crippen LogP contribution in [-0.4, -0.2) is 14.8 Å². The first-order valence-corrected chi connectivity index (χ1v) is 9.81. The lowest BCUT2D eigenvalue weighted by Gasteiger charge is -2.16. The number of aromatic nitrogens is 3. The van der Waals surface area contributed by atoms with Gasteiger partial charge in [-0.2, -0.15) is 0 Å². The van der Waals surface area contributed by atoms with E-state index in [0.717, 1.165) is 28.0 Å². The van der Waals surface area contributed by atoms with Gasteiger partial charge in [-0.15, -0.1) is 10.2 Å². The molecule has 2 aromatic carbocycles. The average Bonchev–Trinajstić information content (AvgIpc) is 2.97. The lowest BCUT2D eigenvalue weighted by molar-refractivity contribution is 0.210. The van der Waals surface area contributed by atoms with Gasteiger partial charge in [-0.05, 0) is 55.7 Å². The van der Waals surface area contributed by atoms with E-state index < -0.39 is 0 Å². The Morgan fingerprint density at radius 3 is 2.62 bits per heavy atom. The summed E-state index contributed by atoms with van der Waals surface area (Å²) >= 11 is 7.69. The molecule has 0 aliphatic rings. The molecule has 136 valence electrons. The molecule has 0 bridgehead atoms. The standard InChI is InChI=1S/C20H22ClN3OS/c1-13-7-5-6-8-16(13)12-26-20-23-22-19(24(20)4)15(3)25-18-10-9-17(21)11-14(18)2/h5-11,15H,12H2,1-4H3. The predicted molar refractivity (Wildman–Crippen MR) is 107 cm³/mol. The molecule has 0 saturated heterocycles. The van der Waals surface area contributed by atoms with E-state index in [9.17, 15) is 0 Å². The number of ether oxygens (including phenoxy) is 1. The van der Waals surface area contributed by atoms with Crippen molar-refractivity contribution in [1.82, 2.24) is 14.8 Å². The normalized spacial score (nSPS) is 12.2. The van der Waals surface area contributed by atoms with Gasteiger partial charge in [0.25, 0.3) is 0 Å². The number of hydrogen-bond acceptors (Lipinski definition) is 4. The second-order valence-electron chi connectivity index (χ2n) is 6.28. The van der Waals surface area contributed by atoms with Crippen LogP contribution in [0.25, 0.3) is 0 Å². The van der Waals surface area contributed by atoms with E-state index in [1.807, 2.05) is 43.7 Å². The summed E-state index contributed by atoms with van der Waals surface area (Å²) in [7, 11) is 1.98. The van der Waals surface area contributed by atoms with Crippen molar-refractivity contribution in [3.8, 4) is 5.75 Å². The van der Waals surface area contributed by atoms with E-state index in [0.29, 0.717) is 5.02 Å². The van der Waals surface area contributed by atoms with Crippen molar-refractivity contribution < 1.29 is 4.74 Å². The molecule has 0 aliphatic heterocycles. The molecule has 1 unspecified atom stereocenters. The molecule has 0 radical (unpaired) electrons. The quantitative estimate of drug-likeness (QED) is 0.522. The van der Waals surface area contributed by atoms with Crippen LogP contribution in [0.5, 0.6) is 5.75 Å². The van der Waals surface area contributed by atoms with Crippen LogP contribution in [0.15, 0.2) is 47.6 Å². The summed E-state index contributed by atoms with van der Waals surface area (Å²) in [6, 6.07) is 14.0. The van der Waals surface area contributed by atoms with Crippen molar-refractivity contribution in [2.24, 2.45) is 7.05 Å². The lowest BCUT2D eigenvalue weighted by atomic mass is 10.1. The molecule has 0 fully saturated rings. The fraction of sp³-hybridized carbons (Fsp3) is 0.300. The molecule has 1 aromatic heterocycles. The fourth-order valence-electron chi connectivity index (χ4n) is 2.71. The molecule has 0 amide bonds.